The van der Waals surface area contributed by atoms with E-state index in [4.69, 9.17) is 4.74 Å². The molecule has 124 valence electrons. The molecule has 2 rings (SSSR count). The second kappa shape index (κ2) is 6.57. The van der Waals surface area contributed by atoms with E-state index >= 15 is 0 Å². The van der Waals surface area contributed by atoms with Crippen molar-refractivity contribution in [2.75, 3.05) is 0 Å². The minimum atomic E-state index is 0.181. The van der Waals surface area contributed by atoms with Crippen LogP contribution in [0.25, 0.3) is 0 Å². The summed E-state index contributed by atoms with van der Waals surface area (Å²) in [6.45, 7) is 13.5. The van der Waals surface area contributed by atoms with Crippen LogP contribution in [-0.4, -0.2) is 22.7 Å². The zero-order chi connectivity index (χ0) is 16.4. The molecule has 0 bridgehead atoms. The zero-order valence-electron chi connectivity index (χ0n) is 15.1. The lowest BCUT2D eigenvalue weighted by atomic mass is 9.87. The SMILES string of the molecule is CC(C)(C)CCc1ccnc(O[C@H]2C[C@@H](NC(C)(C)C)C2)c1. The highest BCUT2D eigenvalue weighted by Crippen LogP contribution is 2.27. The van der Waals surface area contributed by atoms with Gasteiger partial charge in [-0.15, -0.1) is 0 Å². The third-order valence-corrected chi connectivity index (χ3v) is 3.98. The van der Waals surface area contributed by atoms with Crippen LogP contribution in [0, 0.1) is 5.41 Å². The first-order chi connectivity index (χ1) is 10.1. The van der Waals surface area contributed by atoms with Gasteiger partial charge in [-0.25, -0.2) is 4.98 Å². The number of rotatable bonds is 5. The Bertz CT molecular complexity index is 479. The third kappa shape index (κ3) is 5.96. The van der Waals surface area contributed by atoms with E-state index in [1.54, 1.807) is 0 Å². The molecule has 0 aliphatic heterocycles. The van der Waals surface area contributed by atoms with E-state index in [-0.39, 0.29) is 5.54 Å². The number of aromatic nitrogens is 1. The second-order valence-electron chi connectivity index (χ2n) is 8.87. The second-order valence-corrected chi connectivity index (χ2v) is 8.87. The summed E-state index contributed by atoms with van der Waals surface area (Å²) in [4.78, 5) is 4.36. The molecule has 1 aromatic rings. The van der Waals surface area contributed by atoms with Crippen molar-refractivity contribution in [2.45, 2.75) is 84.9 Å². The third-order valence-electron chi connectivity index (χ3n) is 3.98. The predicted octanol–water partition coefficient (Wildman–Crippen LogP) is 4.36. The molecule has 1 saturated carbocycles. The standard InChI is InChI=1S/C19H32N2O/c1-18(2,3)9-7-14-8-10-20-17(11-14)22-16-12-15(13-16)21-19(4,5)6/h8,10-11,15-16,21H,7,9,12-13H2,1-6H3/t15-,16+. The van der Waals surface area contributed by atoms with E-state index in [1.807, 2.05) is 6.20 Å². The van der Waals surface area contributed by atoms with Crippen molar-refractivity contribution >= 4 is 0 Å². The fraction of sp³-hybridized carbons (Fsp3) is 0.737. The molecule has 1 N–H and O–H groups in total. The van der Waals surface area contributed by atoms with Crippen molar-refractivity contribution in [3.8, 4) is 5.88 Å². The van der Waals surface area contributed by atoms with Crippen LogP contribution >= 0.6 is 0 Å². The molecule has 0 aromatic carbocycles. The molecular formula is C19H32N2O. The summed E-state index contributed by atoms with van der Waals surface area (Å²) < 4.78 is 6.02. The average molecular weight is 304 g/mol. The fourth-order valence-electron chi connectivity index (χ4n) is 2.75. The first-order valence-electron chi connectivity index (χ1n) is 8.50. The fourth-order valence-corrected chi connectivity index (χ4v) is 2.75. The van der Waals surface area contributed by atoms with E-state index in [0.717, 1.165) is 25.1 Å². The molecule has 0 unspecified atom stereocenters. The summed E-state index contributed by atoms with van der Waals surface area (Å²) in [5, 5.41) is 3.62. The van der Waals surface area contributed by atoms with Crippen molar-refractivity contribution in [1.82, 2.24) is 10.3 Å². The number of nitrogens with zero attached hydrogens (tertiary/aromatic N) is 1. The number of aryl methyl sites for hydroxylation is 1. The molecule has 0 amide bonds. The van der Waals surface area contributed by atoms with E-state index in [1.165, 1.54) is 12.0 Å². The quantitative estimate of drug-likeness (QED) is 0.877. The van der Waals surface area contributed by atoms with E-state index in [0.29, 0.717) is 17.6 Å². The van der Waals surface area contributed by atoms with Gasteiger partial charge in [0, 0.05) is 23.8 Å². The Morgan fingerprint density at radius 2 is 1.86 bits per heavy atom. The number of hydrogen-bond acceptors (Lipinski definition) is 3. The molecule has 0 spiro atoms. The molecule has 1 aromatic heterocycles. The Balaban J connectivity index is 1.80. The molecule has 3 heteroatoms. The van der Waals surface area contributed by atoms with Crippen molar-refractivity contribution in [3.63, 3.8) is 0 Å². The first-order valence-corrected chi connectivity index (χ1v) is 8.50. The lowest BCUT2D eigenvalue weighted by Crippen LogP contribution is -2.53. The maximum absolute atomic E-state index is 6.02. The van der Waals surface area contributed by atoms with E-state index in [2.05, 4.69) is 64.0 Å². The molecular weight excluding hydrogens is 272 g/mol. The summed E-state index contributed by atoms with van der Waals surface area (Å²) in [5.41, 5.74) is 1.87. The maximum atomic E-state index is 6.02. The minimum Gasteiger partial charge on any atom is -0.474 e. The number of ether oxygens (including phenoxy) is 1. The van der Waals surface area contributed by atoms with Gasteiger partial charge in [0.2, 0.25) is 5.88 Å². The van der Waals surface area contributed by atoms with Crippen molar-refractivity contribution < 1.29 is 4.74 Å². The summed E-state index contributed by atoms with van der Waals surface area (Å²) in [7, 11) is 0. The highest BCUT2D eigenvalue weighted by molar-refractivity contribution is 5.21. The van der Waals surface area contributed by atoms with Crippen molar-refractivity contribution in [2.24, 2.45) is 5.41 Å². The molecule has 0 atom stereocenters. The van der Waals surface area contributed by atoms with Crippen LogP contribution in [0.1, 0.15) is 66.4 Å². The Hall–Kier alpha value is -1.09. The summed E-state index contributed by atoms with van der Waals surface area (Å²) in [5.74, 6) is 0.783. The zero-order valence-corrected chi connectivity index (χ0v) is 15.1. The number of hydrogen-bond donors (Lipinski definition) is 1. The van der Waals surface area contributed by atoms with Gasteiger partial charge in [0.25, 0.3) is 0 Å². The lowest BCUT2D eigenvalue weighted by molar-refractivity contribution is 0.0693. The maximum Gasteiger partial charge on any atom is 0.213 e. The van der Waals surface area contributed by atoms with Gasteiger partial charge in [-0.3, -0.25) is 0 Å². The normalized spacial score (nSPS) is 22.3. The Labute approximate surface area is 135 Å². The van der Waals surface area contributed by atoms with Crippen molar-refractivity contribution in [1.29, 1.82) is 0 Å². The minimum absolute atomic E-state index is 0.181. The Kier molecular flexibility index (Phi) is 5.16. The van der Waals surface area contributed by atoms with Gasteiger partial charge >= 0.3 is 0 Å². The molecule has 1 heterocycles. The molecule has 0 radical (unpaired) electrons. The van der Waals surface area contributed by atoms with Crippen LogP contribution < -0.4 is 10.1 Å². The molecule has 1 fully saturated rings. The van der Waals surface area contributed by atoms with Crippen LogP contribution in [0.5, 0.6) is 5.88 Å². The number of pyridine rings is 1. The smallest absolute Gasteiger partial charge is 0.213 e. The van der Waals surface area contributed by atoms with Gasteiger partial charge in [-0.05, 0) is 63.5 Å². The van der Waals surface area contributed by atoms with Gasteiger partial charge in [0.15, 0.2) is 0 Å². The molecule has 22 heavy (non-hydrogen) atoms. The monoisotopic (exact) mass is 304 g/mol. The highest BCUT2D eigenvalue weighted by atomic mass is 16.5. The van der Waals surface area contributed by atoms with E-state index < -0.39 is 0 Å². The summed E-state index contributed by atoms with van der Waals surface area (Å²) in [6, 6.07) is 4.79. The summed E-state index contributed by atoms with van der Waals surface area (Å²) in [6.07, 6.45) is 6.59. The predicted molar refractivity (Wildman–Crippen MR) is 92.3 cm³/mol. The Morgan fingerprint density at radius 3 is 2.45 bits per heavy atom. The Morgan fingerprint density at radius 1 is 1.18 bits per heavy atom. The topological polar surface area (TPSA) is 34.1 Å². The number of nitrogens with one attached hydrogen (secondary N) is 1. The first kappa shape index (κ1) is 17.3. The average Bonchev–Trinajstić information content (AvgIpc) is 2.32. The van der Waals surface area contributed by atoms with Gasteiger partial charge in [-0.2, -0.15) is 0 Å². The molecule has 3 nitrogen and oxygen atoms in total. The van der Waals surface area contributed by atoms with Crippen LogP contribution in [0.4, 0.5) is 0 Å². The van der Waals surface area contributed by atoms with Gasteiger partial charge < -0.3 is 10.1 Å². The van der Waals surface area contributed by atoms with E-state index in [9.17, 15) is 0 Å². The lowest BCUT2D eigenvalue weighted by Gasteiger charge is -2.39. The summed E-state index contributed by atoms with van der Waals surface area (Å²) >= 11 is 0. The van der Waals surface area contributed by atoms with Crippen molar-refractivity contribution in [3.05, 3.63) is 23.9 Å². The largest absolute Gasteiger partial charge is 0.474 e. The van der Waals surface area contributed by atoms with Crippen LogP contribution in [0.15, 0.2) is 18.3 Å². The molecule has 1 aliphatic carbocycles. The highest BCUT2D eigenvalue weighted by Gasteiger charge is 2.33. The van der Waals surface area contributed by atoms with Crippen LogP contribution in [-0.2, 0) is 6.42 Å². The molecule has 1 aliphatic rings. The molecule has 0 saturated heterocycles. The van der Waals surface area contributed by atoms with Crippen LogP contribution in [0.3, 0.4) is 0 Å². The van der Waals surface area contributed by atoms with Gasteiger partial charge in [0.1, 0.15) is 6.10 Å². The van der Waals surface area contributed by atoms with Gasteiger partial charge in [-0.1, -0.05) is 20.8 Å². The van der Waals surface area contributed by atoms with Gasteiger partial charge in [0.05, 0.1) is 0 Å². The van der Waals surface area contributed by atoms with Crippen LogP contribution in [0.2, 0.25) is 0 Å².